The zero-order valence-corrected chi connectivity index (χ0v) is 13.3. The van der Waals surface area contributed by atoms with E-state index >= 15 is 0 Å². The van der Waals surface area contributed by atoms with Gasteiger partial charge in [-0.25, -0.2) is 13.8 Å². The molecule has 0 aliphatic carbocycles. The third-order valence-electron chi connectivity index (χ3n) is 3.05. The maximum atomic E-state index is 13.5. The first-order chi connectivity index (χ1) is 10.8. The van der Waals surface area contributed by atoms with Crippen molar-refractivity contribution >= 4 is 23.2 Å². The summed E-state index contributed by atoms with van der Waals surface area (Å²) in [6.07, 6.45) is 1.37. The van der Waals surface area contributed by atoms with E-state index in [0.717, 1.165) is 12.1 Å². The number of carbonyl (C=O) groups excluding carboxylic acids is 1. The SMILES string of the molecule is CC(C)(CCl)C(=O)Nc1ccc(Oc2ccc(F)cc2F)nc1. The summed E-state index contributed by atoms with van der Waals surface area (Å²) in [5.41, 5.74) is -0.256. The molecular weight excluding hydrogens is 326 g/mol. The number of nitrogens with zero attached hydrogens (tertiary/aromatic N) is 1. The number of aromatic nitrogens is 1. The van der Waals surface area contributed by atoms with E-state index in [0.29, 0.717) is 5.69 Å². The molecule has 1 N–H and O–H groups in total. The van der Waals surface area contributed by atoms with Crippen LogP contribution in [0.25, 0.3) is 0 Å². The minimum absolute atomic E-state index is 0.116. The molecule has 23 heavy (non-hydrogen) atoms. The molecule has 1 heterocycles. The van der Waals surface area contributed by atoms with Crippen molar-refractivity contribution in [2.24, 2.45) is 5.41 Å². The molecule has 7 heteroatoms. The Hall–Kier alpha value is -2.21. The van der Waals surface area contributed by atoms with Gasteiger partial charge in [-0.2, -0.15) is 0 Å². The lowest BCUT2D eigenvalue weighted by Crippen LogP contribution is -2.32. The number of amides is 1. The van der Waals surface area contributed by atoms with Crippen molar-refractivity contribution < 1.29 is 18.3 Å². The van der Waals surface area contributed by atoms with Crippen LogP contribution in [0.2, 0.25) is 0 Å². The van der Waals surface area contributed by atoms with Crippen molar-refractivity contribution in [1.82, 2.24) is 4.98 Å². The highest BCUT2D eigenvalue weighted by molar-refractivity contribution is 6.20. The van der Waals surface area contributed by atoms with Crippen LogP contribution in [0.5, 0.6) is 11.6 Å². The van der Waals surface area contributed by atoms with Crippen LogP contribution in [-0.4, -0.2) is 16.8 Å². The predicted molar refractivity (Wildman–Crippen MR) is 83.8 cm³/mol. The van der Waals surface area contributed by atoms with E-state index in [-0.39, 0.29) is 23.4 Å². The van der Waals surface area contributed by atoms with Gasteiger partial charge in [-0.15, -0.1) is 11.6 Å². The van der Waals surface area contributed by atoms with Gasteiger partial charge in [-0.3, -0.25) is 4.79 Å². The molecular formula is C16H15ClF2N2O2. The third-order valence-corrected chi connectivity index (χ3v) is 3.72. The summed E-state index contributed by atoms with van der Waals surface area (Å²) in [4.78, 5) is 15.9. The Morgan fingerprint density at radius 3 is 2.61 bits per heavy atom. The number of nitrogens with one attached hydrogen (secondary N) is 1. The summed E-state index contributed by atoms with van der Waals surface area (Å²) in [5, 5.41) is 2.68. The fraction of sp³-hybridized carbons (Fsp3) is 0.250. The normalized spacial score (nSPS) is 11.2. The number of hydrogen-bond donors (Lipinski definition) is 1. The molecule has 4 nitrogen and oxygen atoms in total. The maximum absolute atomic E-state index is 13.5. The van der Waals surface area contributed by atoms with Crippen LogP contribution in [0.1, 0.15) is 13.8 Å². The zero-order valence-electron chi connectivity index (χ0n) is 12.6. The van der Waals surface area contributed by atoms with Gasteiger partial charge in [-0.05, 0) is 32.0 Å². The van der Waals surface area contributed by atoms with Crippen LogP contribution >= 0.6 is 11.6 Å². The fourth-order valence-corrected chi connectivity index (χ4v) is 1.67. The van der Waals surface area contributed by atoms with E-state index < -0.39 is 17.0 Å². The molecule has 0 atom stereocenters. The first-order valence-electron chi connectivity index (χ1n) is 6.78. The van der Waals surface area contributed by atoms with Crippen molar-refractivity contribution in [2.45, 2.75) is 13.8 Å². The lowest BCUT2D eigenvalue weighted by atomic mass is 9.95. The van der Waals surface area contributed by atoms with Gasteiger partial charge in [0.15, 0.2) is 11.6 Å². The summed E-state index contributed by atoms with van der Waals surface area (Å²) in [7, 11) is 0. The second kappa shape index (κ2) is 6.91. The Morgan fingerprint density at radius 2 is 2.04 bits per heavy atom. The summed E-state index contributed by atoms with van der Waals surface area (Å²) >= 11 is 5.74. The van der Waals surface area contributed by atoms with E-state index in [4.69, 9.17) is 16.3 Å². The molecule has 0 saturated carbocycles. The predicted octanol–water partition coefficient (Wildman–Crippen LogP) is 4.36. The Morgan fingerprint density at radius 1 is 1.30 bits per heavy atom. The van der Waals surface area contributed by atoms with Crippen molar-refractivity contribution in [3.8, 4) is 11.6 Å². The Kier molecular flexibility index (Phi) is 5.15. The zero-order chi connectivity index (χ0) is 17.0. The van der Waals surface area contributed by atoms with Crippen LogP contribution in [-0.2, 0) is 4.79 Å². The average molecular weight is 341 g/mol. The highest BCUT2D eigenvalue weighted by Gasteiger charge is 2.26. The minimum atomic E-state index is -0.826. The van der Waals surface area contributed by atoms with Gasteiger partial charge in [0, 0.05) is 18.0 Å². The Balaban J connectivity index is 2.06. The molecule has 0 spiro atoms. The molecule has 0 bridgehead atoms. The maximum Gasteiger partial charge on any atom is 0.231 e. The van der Waals surface area contributed by atoms with Crippen molar-refractivity contribution in [2.75, 3.05) is 11.2 Å². The number of hydrogen-bond acceptors (Lipinski definition) is 3. The molecule has 2 rings (SSSR count). The number of ether oxygens (including phenoxy) is 1. The van der Waals surface area contributed by atoms with Crippen LogP contribution in [0.4, 0.5) is 14.5 Å². The lowest BCUT2D eigenvalue weighted by molar-refractivity contribution is -0.122. The average Bonchev–Trinajstić information content (AvgIpc) is 2.51. The van der Waals surface area contributed by atoms with Gasteiger partial charge in [0.2, 0.25) is 11.8 Å². The quantitative estimate of drug-likeness (QED) is 0.823. The van der Waals surface area contributed by atoms with Crippen LogP contribution in [0.15, 0.2) is 36.5 Å². The van der Waals surface area contributed by atoms with Gasteiger partial charge in [0.25, 0.3) is 0 Å². The van der Waals surface area contributed by atoms with Crippen molar-refractivity contribution in [3.63, 3.8) is 0 Å². The first-order valence-corrected chi connectivity index (χ1v) is 7.31. The smallest absolute Gasteiger partial charge is 0.231 e. The van der Waals surface area contributed by atoms with Crippen LogP contribution in [0.3, 0.4) is 0 Å². The molecule has 1 aromatic carbocycles. The summed E-state index contributed by atoms with van der Waals surface area (Å²) < 4.78 is 31.5. The fourth-order valence-electron chi connectivity index (χ4n) is 1.55. The highest BCUT2D eigenvalue weighted by atomic mass is 35.5. The van der Waals surface area contributed by atoms with Crippen molar-refractivity contribution in [3.05, 3.63) is 48.2 Å². The van der Waals surface area contributed by atoms with Crippen LogP contribution < -0.4 is 10.1 Å². The minimum Gasteiger partial charge on any atom is -0.436 e. The molecule has 122 valence electrons. The monoisotopic (exact) mass is 340 g/mol. The molecule has 2 aromatic rings. The lowest BCUT2D eigenvalue weighted by Gasteiger charge is -2.20. The number of halogens is 3. The van der Waals surface area contributed by atoms with E-state index in [1.807, 2.05) is 0 Å². The van der Waals surface area contributed by atoms with Gasteiger partial charge < -0.3 is 10.1 Å². The van der Waals surface area contributed by atoms with Gasteiger partial charge >= 0.3 is 0 Å². The van der Waals surface area contributed by atoms with E-state index in [1.165, 1.54) is 18.3 Å². The molecule has 0 fully saturated rings. The highest BCUT2D eigenvalue weighted by Crippen LogP contribution is 2.25. The van der Waals surface area contributed by atoms with Crippen molar-refractivity contribution in [1.29, 1.82) is 0 Å². The summed E-state index contributed by atoms with van der Waals surface area (Å²) in [5.74, 6) is -1.61. The molecule has 0 aliphatic heterocycles. The number of benzene rings is 1. The van der Waals surface area contributed by atoms with Gasteiger partial charge in [0.05, 0.1) is 17.3 Å². The van der Waals surface area contributed by atoms with Crippen LogP contribution in [0, 0.1) is 17.0 Å². The first kappa shape index (κ1) is 17.1. The van der Waals surface area contributed by atoms with E-state index in [1.54, 1.807) is 19.9 Å². The summed E-state index contributed by atoms with van der Waals surface area (Å²) in [6.45, 7) is 3.44. The second-order valence-corrected chi connectivity index (χ2v) is 5.80. The number of alkyl halides is 1. The van der Waals surface area contributed by atoms with Gasteiger partial charge in [-0.1, -0.05) is 0 Å². The molecule has 0 saturated heterocycles. The third kappa shape index (κ3) is 4.39. The molecule has 0 radical (unpaired) electrons. The second-order valence-electron chi connectivity index (χ2n) is 5.53. The molecule has 0 unspecified atom stereocenters. The topological polar surface area (TPSA) is 51.2 Å². The molecule has 1 aromatic heterocycles. The van der Waals surface area contributed by atoms with E-state index in [9.17, 15) is 13.6 Å². The largest absolute Gasteiger partial charge is 0.436 e. The number of carbonyl (C=O) groups is 1. The number of anilines is 1. The summed E-state index contributed by atoms with van der Waals surface area (Å²) in [6, 6.07) is 6.00. The molecule has 0 aliphatic rings. The standard InChI is InChI=1S/C16H15ClF2N2O2/c1-16(2,9-17)15(22)21-11-4-6-14(20-8-11)23-13-5-3-10(18)7-12(13)19/h3-8H,9H2,1-2H3,(H,21,22). The van der Waals surface area contributed by atoms with E-state index in [2.05, 4.69) is 10.3 Å². The number of pyridine rings is 1. The van der Waals surface area contributed by atoms with Gasteiger partial charge in [0.1, 0.15) is 5.82 Å². The Labute approximate surface area is 137 Å². The Bertz CT molecular complexity index is 706. The molecule has 1 amide bonds. The number of rotatable bonds is 5.